The lowest BCUT2D eigenvalue weighted by Crippen LogP contribution is -2.50. The number of nitrogens with zero attached hydrogens (tertiary/aromatic N) is 1. The van der Waals surface area contributed by atoms with E-state index in [4.69, 9.17) is 21.1 Å². The maximum atomic E-state index is 13.1. The van der Waals surface area contributed by atoms with Gasteiger partial charge in [-0.25, -0.2) is 0 Å². The highest BCUT2D eigenvalue weighted by molar-refractivity contribution is 9.10. The van der Waals surface area contributed by atoms with Crippen molar-refractivity contribution in [3.8, 4) is 11.5 Å². The first-order chi connectivity index (χ1) is 14.7. The van der Waals surface area contributed by atoms with Gasteiger partial charge < -0.3 is 19.7 Å². The molecule has 31 heavy (non-hydrogen) atoms. The molecule has 0 spiro atoms. The smallest absolute Gasteiger partial charge is 0.261 e. The normalized spacial score (nSPS) is 12.6. The lowest BCUT2D eigenvalue weighted by Gasteiger charge is -2.29. The summed E-state index contributed by atoms with van der Waals surface area (Å²) >= 11 is 9.34. The monoisotopic (exact) mass is 510 g/mol. The van der Waals surface area contributed by atoms with Crippen LogP contribution in [-0.4, -0.2) is 42.5 Å². The van der Waals surface area contributed by atoms with E-state index in [2.05, 4.69) is 21.2 Å². The molecule has 0 aliphatic heterocycles. The van der Waals surface area contributed by atoms with Gasteiger partial charge in [0.25, 0.3) is 5.91 Å². The highest BCUT2D eigenvalue weighted by Gasteiger charge is 2.27. The molecule has 8 heteroatoms. The lowest BCUT2D eigenvalue weighted by molar-refractivity contribution is -0.142. The van der Waals surface area contributed by atoms with Crippen molar-refractivity contribution >= 4 is 39.3 Å². The van der Waals surface area contributed by atoms with Crippen LogP contribution in [0.1, 0.15) is 32.8 Å². The third-order valence-electron chi connectivity index (χ3n) is 4.93. The number of ether oxygens (including phenoxy) is 2. The van der Waals surface area contributed by atoms with Gasteiger partial charge in [-0.15, -0.1) is 0 Å². The highest BCUT2D eigenvalue weighted by atomic mass is 79.9. The van der Waals surface area contributed by atoms with Crippen molar-refractivity contribution in [1.82, 2.24) is 10.2 Å². The molecule has 0 saturated heterocycles. The number of benzene rings is 2. The van der Waals surface area contributed by atoms with Crippen molar-refractivity contribution in [3.05, 3.63) is 57.5 Å². The van der Waals surface area contributed by atoms with E-state index in [1.54, 1.807) is 32.2 Å². The third-order valence-corrected chi connectivity index (χ3v) is 5.78. The fourth-order valence-electron chi connectivity index (χ4n) is 2.79. The summed E-state index contributed by atoms with van der Waals surface area (Å²) in [5, 5.41) is 3.50. The van der Waals surface area contributed by atoms with Crippen molar-refractivity contribution in [2.45, 2.75) is 45.8 Å². The van der Waals surface area contributed by atoms with Crippen LogP contribution in [0.25, 0.3) is 0 Å². The highest BCUT2D eigenvalue weighted by Crippen LogP contribution is 2.28. The van der Waals surface area contributed by atoms with Gasteiger partial charge in [-0.2, -0.15) is 0 Å². The van der Waals surface area contributed by atoms with Crippen molar-refractivity contribution in [1.29, 1.82) is 0 Å². The Kier molecular flexibility index (Phi) is 9.65. The van der Waals surface area contributed by atoms with Crippen LogP contribution in [0.15, 0.2) is 46.9 Å². The number of carbonyl (C=O) groups is 2. The van der Waals surface area contributed by atoms with E-state index in [0.29, 0.717) is 15.2 Å². The van der Waals surface area contributed by atoms with Crippen molar-refractivity contribution < 1.29 is 19.1 Å². The van der Waals surface area contributed by atoms with Gasteiger partial charge in [0.05, 0.1) is 11.6 Å². The fraction of sp³-hybridized carbons (Fsp3) is 0.391. The van der Waals surface area contributed by atoms with Gasteiger partial charge in [-0.05, 0) is 72.1 Å². The Morgan fingerprint density at radius 2 is 1.84 bits per heavy atom. The number of hydrogen-bond donors (Lipinski definition) is 1. The van der Waals surface area contributed by atoms with E-state index >= 15 is 0 Å². The first-order valence-electron chi connectivity index (χ1n) is 10.1. The van der Waals surface area contributed by atoms with E-state index in [0.717, 1.165) is 17.7 Å². The first-order valence-corrected chi connectivity index (χ1v) is 11.2. The molecule has 2 rings (SSSR count). The van der Waals surface area contributed by atoms with Crippen LogP contribution < -0.4 is 14.8 Å². The molecular weight excluding hydrogens is 484 g/mol. The Labute approximate surface area is 197 Å². The molecule has 1 N–H and O–H groups in total. The molecular formula is C23H28BrClN2O4. The summed E-state index contributed by atoms with van der Waals surface area (Å²) < 4.78 is 11.5. The minimum absolute atomic E-state index is 0.0224. The second kappa shape index (κ2) is 12.0. The summed E-state index contributed by atoms with van der Waals surface area (Å²) in [5.74, 6) is 0.715. The Hall–Kier alpha value is -2.25. The van der Waals surface area contributed by atoms with E-state index in [1.165, 1.54) is 4.90 Å². The molecule has 2 atom stereocenters. The van der Waals surface area contributed by atoms with Crippen molar-refractivity contribution in [2.75, 3.05) is 13.7 Å². The number of methoxy groups -OCH3 is 1. The van der Waals surface area contributed by atoms with Crippen LogP contribution in [0.4, 0.5) is 0 Å². The van der Waals surface area contributed by atoms with Crippen molar-refractivity contribution in [2.24, 2.45) is 0 Å². The Bertz CT molecular complexity index is 892. The molecule has 0 radical (unpaired) electrons. The van der Waals surface area contributed by atoms with Crippen LogP contribution in [-0.2, 0) is 16.1 Å². The molecule has 168 valence electrons. The van der Waals surface area contributed by atoms with Crippen LogP contribution >= 0.6 is 27.5 Å². The molecule has 0 unspecified atom stereocenters. The molecule has 0 bridgehead atoms. The van der Waals surface area contributed by atoms with Crippen LogP contribution in [0.5, 0.6) is 11.5 Å². The zero-order chi connectivity index (χ0) is 23.0. The molecule has 0 aromatic heterocycles. The molecule has 2 amide bonds. The molecule has 6 nitrogen and oxygen atoms in total. The lowest BCUT2D eigenvalue weighted by atomic mass is 10.1. The zero-order valence-electron chi connectivity index (χ0n) is 18.2. The Morgan fingerprint density at radius 3 is 2.42 bits per heavy atom. The van der Waals surface area contributed by atoms with Crippen LogP contribution in [0.2, 0.25) is 5.02 Å². The van der Waals surface area contributed by atoms with Crippen LogP contribution in [0, 0.1) is 0 Å². The molecule has 0 fully saturated rings. The van der Waals surface area contributed by atoms with Gasteiger partial charge in [0.15, 0.2) is 6.61 Å². The summed E-state index contributed by atoms with van der Waals surface area (Å²) in [6.45, 7) is 5.70. The average molecular weight is 512 g/mol. The molecule has 2 aromatic rings. The van der Waals surface area contributed by atoms with E-state index in [-0.39, 0.29) is 31.0 Å². The molecule has 0 aliphatic rings. The van der Waals surface area contributed by atoms with Gasteiger partial charge in [-0.3, -0.25) is 9.59 Å². The number of halogens is 2. The number of rotatable bonds is 10. The summed E-state index contributed by atoms with van der Waals surface area (Å²) in [7, 11) is 1.60. The van der Waals surface area contributed by atoms with Crippen LogP contribution in [0.3, 0.4) is 0 Å². The summed E-state index contributed by atoms with van der Waals surface area (Å²) in [6, 6.07) is 11.8. The number of nitrogens with one attached hydrogen (secondary N) is 1. The largest absolute Gasteiger partial charge is 0.497 e. The van der Waals surface area contributed by atoms with E-state index in [1.807, 2.05) is 38.1 Å². The predicted molar refractivity (Wildman–Crippen MR) is 126 cm³/mol. The molecule has 0 heterocycles. The number of hydrogen-bond acceptors (Lipinski definition) is 4. The zero-order valence-corrected chi connectivity index (χ0v) is 20.5. The Morgan fingerprint density at radius 1 is 1.16 bits per heavy atom. The summed E-state index contributed by atoms with van der Waals surface area (Å²) in [4.78, 5) is 27.3. The number of carbonyl (C=O) groups excluding carboxylic acids is 2. The molecule has 0 saturated carbocycles. The SMILES string of the molecule is CC[C@H](C)NC(=O)[C@@H](C)N(Cc1ccc(OC)cc1)C(=O)COc1ccc(Cl)cc1Br. The standard InChI is InChI=1S/C23H28BrClN2O4/c1-5-15(2)26-23(29)16(3)27(13-17-6-9-19(30-4)10-7-17)22(28)14-31-21-11-8-18(25)12-20(21)24/h6-12,15-16H,5,13-14H2,1-4H3,(H,26,29)/t15-,16+/m0/s1. The maximum absolute atomic E-state index is 13.1. The second-order valence-electron chi connectivity index (χ2n) is 7.23. The summed E-state index contributed by atoms with van der Waals surface area (Å²) in [6.07, 6.45) is 0.804. The van der Waals surface area contributed by atoms with E-state index in [9.17, 15) is 9.59 Å². The Balaban J connectivity index is 2.17. The van der Waals surface area contributed by atoms with Gasteiger partial charge in [0, 0.05) is 17.6 Å². The molecule has 2 aromatic carbocycles. The first kappa shape index (κ1) is 25.0. The second-order valence-corrected chi connectivity index (χ2v) is 8.52. The fourth-order valence-corrected chi connectivity index (χ4v) is 3.59. The number of amides is 2. The topological polar surface area (TPSA) is 67.9 Å². The predicted octanol–water partition coefficient (Wildman–Crippen LogP) is 4.82. The maximum Gasteiger partial charge on any atom is 0.261 e. The average Bonchev–Trinajstić information content (AvgIpc) is 2.76. The van der Waals surface area contributed by atoms with Gasteiger partial charge in [-0.1, -0.05) is 30.7 Å². The summed E-state index contributed by atoms with van der Waals surface area (Å²) in [5.41, 5.74) is 0.880. The van der Waals surface area contributed by atoms with E-state index < -0.39 is 6.04 Å². The third kappa shape index (κ3) is 7.43. The quantitative estimate of drug-likeness (QED) is 0.496. The minimum Gasteiger partial charge on any atom is -0.497 e. The van der Waals surface area contributed by atoms with Gasteiger partial charge >= 0.3 is 0 Å². The van der Waals surface area contributed by atoms with Gasteiger partial charge in [0.2, 0.25) is 5.91 Å². The van der Waals surface area contributed by atoms with Gasteiger partial charge in [0.1, 0.15) is 17.5 Å². The van der Waals surface area contributed by atoms with Crippen molar-refractivity contribution in [3.63, 3.8) is 0 Å². The molecule has 0 aliphatic carbocycles. The minimum atomic E-state index is -0.666.